The molecule has 1 aromatic rings. The lowest BCUT2D eigenvalue weighted by molar-refractivity contribution is 0.279. The van der Waals surface area contributed by atoms with Gasteiger partial charge < -0.3 is 14.9 Å². The fraction of sp³-hybridized carbons (Fsp3) is 0.250. The van der Waals surface area contributed by atoms with E-state index in [-0.39, 0.29) is 12.4 Å². The van der Waals surface area contributed by atoms with Crippen LogP contribution < -0.4 is 4.74 Å². The Balaban J connectivity index is 3.19. The van der Waals surface area contributed by atoms with Gasteiger partial charge in [-0.1, -0.05) is 0 Å². The Bertz CT molecular complexity index is 286. The molecule has 1 rings (SSSR count). The van der Waals surface area contributed by atoms with Crippen LogP contribution in [0.2, 0.25) is 0 Å². The minimum Gasteiger partial charge on any atom is -0.502 e. The first-order valence-electron chi connectivity index (χ1n) is 3.35. The van der Waals surface area contributed by atoms with E-state index in [1.54, 1.807) is 0 Å². The molecule has 0 atom stereocenters. The predicted octanol–water partition coefficient (Wildman–Crippen LogP) is 1.03. The van der Waals surface area contributed by atoms with Crippen LogP contribution in [0.3, 0.4) is 0 Å². The smallest absolute Gasteiger partial charge is 0.194 e. The van der Waals surface area contributed by atoms with Crippen LogP contribution in [0, 0.1) is 5.82 Å². The third-order valence-corrected chi connectivity index (χ3v) is 1.49. The van der Waals surface area contributed by atoms with E-state index >= 15 is 0 Å². The molecule has 0 aliphatic rings. The van der Waals surface area contributed by atoms with Gasteiger partial charge in [0, 0.05) is 0 Å². The number of hydrogen-bond donors (Lipinski definition) is 2. The summed E-state index contributed by atoms with van der Waals surface area (Å²) in [7, 11) is 1.32. The first-order chi connectivity index (χ1) is 5.69. The number of phenols is 1. The van der Waals surface area contributed by atoms with Crippen molar-refractivity contribution in [2.24, 2.45) is 0 Å². The second-order valence-electron chi connectivity index (χ2n) is 2.29. The molecule has 3 nitrogen and oxygen atoms in total. The summed E-state index contributed by atoms with van der Waals surface area (Å²) in [6.45, 7) is -0.284. The molecule has 0 aliphatic heterocycles. The molecule has 0 saturated carbocycles. The van der Waals surface area contributed by atoms with E-state index in [0.717, 1.165) is 6.07 Å². The number of hydrogen-bond acceptors (Lipinski definition) is 3. The third-order valence-electron chi connectivity index (χ3n) is 1.49. The maximum absolute atomic E-state index is 12.8. The first-order valence-corrected chi connectivity index (χ1v) is 3.35. The number of methoxy groups -OCH3 is 1. The minimum absolute atomic E-state index is 0.0269. The fourth-order valence-electron chi connectivity index (χ4n) is 0.874. The van der Waals surface area contributed by atoms with Gasteiger partial charge in [-0.15, -0.1) is 0 Å². The van der Waals surface area contributed by atoms with E-state index in [1.165, 1.54) is 13.2 Å². The highest BCUT2D eigenvalue weighted by atomic mass is 19.1. The molecule has 0 aliphatic carbocycles. The Morgan fingerprint density at radius 3 is 2.67 bits per heavy atom. The highest BCUT2D eigenvalue weighted by Gasteiger charge is 2.09. The summed E-state index contributed by atoms with van der Waals surface area (Å²) in [6.07, 6.45) is 0. The number of aliphatic hydroxyl groups is 1. The van der Waals surface area contributed by atoms with Gasteiger partial charge in [0.2, 0.25) is 0 Å². The monoisotopic (exact) mass is 172 g/mol. The molecule has 0 unspecified atom stereocenters. The highest BCUT2D eigenvalue weighted by Crippen LogP contribution is 2.29. The average Bonchev–Trinajstić information content (AvgIpc) is 2.09. The van der Waals surface area contributed by atoms with E-state index in [0.29, 0.717) is 5.56 Å². The number of phenolic OH excluding ortho intramolecular Hbond substituents is 1. The number of aliphatic hydroxyl groups excluding tert-OH is 1. The number of benzene rings is 1. The molecule has 66 valence electrons. The summed E-state index contributed by atoms with van der Waals surface area (Å²) in [5.74, 6) is -1.30. The van der Waals surface area contributed by atoms with Gasteiger partial charge in [0.1, 0.15) is 0 Å². The molecule has 0 saturated heterocycles. The lowest BCUT2D eigenvalue weighted by Crippen LogP contribution is -1.91. The Morgan fingerprint density at radius 2 is 2.17 bits per heavy atom. The molecule has 0 radical (unpaired) electrons. The summed E-state index contributed by atoms with van der Waals surface area (Å²) < 4.78 is 17.4. The molecule has 0 fully saturated rings. The topological polar surface area (TPSA) is 49.7 Å². The molecule has 4 heteroatoms. The number of aromatic hydroxyl groups is 1. The van der Waals surface area contributed by atoms with Crippen LogP contribution in [-0.2, 0) is 6.61 Å². The molecule has 0 heterocycles. The van der Waals surface area contributed by atoms with Gasteiger partial charge in [0.25, 0.3) is 0 Å². The predicted molar refractivity (Wildman–Crippen MR) is 40.5 cm³/mol. The van der Waals surface area contributed by atoms with Gasteiger partial charge in [0.05, 0.1) is 13.7 Å². The van der Waals surface area contributed by atoms with Crippen molar-refractivity contribution in [3.8, 4) is 11.5 Å². The summed E-state index contributed by atoms with van der Waals surface area (Å²) in [5.41, 5.74) is 0.363. The van der Waals surface area contributed by atoms with Crippen molar-refractivity contribution in [2.75, 3.05) is 7.11 Å². The van der Waals surface area contributed by atoms with Crippen LogP contribution in [0.4, 0.5) is 4.39 Å². The van der Waals surface area contributed by atoms with Crippen LogP contribution in [0.15, 0.2) is 12.1 Å². The van der Waals surface area contributed by atoms with Gasteiger partial charge in [-0.25, -0.2) is 4.39 Å². The van der Waals surface area contributed by atoms with Crippen molar-refractivity contribution in [1.29, 1.82) is 0 Å². The van der Waals surface area contributed by atoms with Crippen LogP contribution in [0.1, 0.15) is 5.56 Å². The van der Waals surface area contributed by atoms with Crippen molar-refractivity contribution in [3.63, 3.8) is 0 Å². The quantitative estimate of drug-likeness (QED) is 0.700. The molecule has 0 aromatic heterocycles. The van der Waals surface area contributed by atoms with E-state index in [1.807, 2.05) is 0 Å². The van der Waals surface area contributed by atoms with Gasteiger partial charge in [-0.3, -0.25) is 0 Å². The van der Waals surface area contributed by atoms with E-state index < -0.39 is 11.6 Å². The van der Waals surface area contributed by atoms with Crippen molar-refractivity contribution < 1.29 is 19.3 Å². The van der Waals surface area contributed by atoms with Crippen LogP contribution in [0.5, 0.6) is 11.5 Å². The molecule has 0 amide bonds. The summed E-state index contributed by atoms with van der Waals surface area (Å²) in [4.78, 5) is 0. The molecular formula is C8H9FO3. The Morgan fingerprint density at radius 1 is 1.50 bits per heavy atom. The van der Waals surface area contributed by atoms with Crippen LogP contribution >= 0.6 is 0 Å². The molecule has 0 spiro atoms. The SMILES string of the molecule is COc1cc(CO)cc(F)c1O. The summed E-state index contributed by atoms with van der Waals surface area (Å²) in [6, 6.07) is 2.43. The molecule has 2 N–H and O–H groups in total. The van der Waals surface area contributed by atoms with Crippen LogP contribution in [-0.4, -0.2) is 17.3 Å². The molecule has 0 bridgehead atoms. The average molecular weight is 172 g/mol. The molecular weight excluding hydrogens is 163 g/mol. The normalized spacial score (nSPS) is 9.92. The summed E-state index contributed by atoms with van der Waals surface area (Å²) in [5, 5.41) is 17.7. The van der Waals surface area contributed by atoms with Crippen LogP contribution in [0.25, 0.3) is 0 Å². The largest absolute Gasteiger partial charge is 0.502 e. The number of ether oxygens (including phenoxy) is 1. The summed E-state index contributed by atoms with van der Waals surface area (Å²) >= 11 is 0. The Hall–Kier alpha value is -1.29. The van der Waals surface area contributed by atoms with Crippen molar-refractivity contribution in [3.05, 3.63) is 23.5 Å². The third kappa shape index (κ3) is 1.48. The number of halogens is 1. The lowest BCUT2D eigenvalue weighted by Gasteiger charge is -2.05. The first kappa shape index (κ1) is 8.80. The zero-order chi connectivity index (χ0) is 9.14. The molecule has 12 heavy (non-hydrogen) atoms. The van der Waals surface area contributed by atoms with Gasteiger partial charge in [0.15, 0.2) is 17.3 Å². The fourth-order valence-corrected chi connectivity index (χ4v) is 0.874. The van der Waals surface area contributed by atoms with E-state index in [2.05, 4.69) is 4.74 Å². The Labute approximate surface area is 69.0 Å². The number of rotatable bonds is 2. The van der Waals surface area contributed by atoms with E-state index in [9.17, 15) is 4.39 Å². The van der Waals surface area contributed by atoms with Gasteiger partial charge in [-0.05, 0) is 17.7 Å². The second-order valence-corrected chi connectivity index (χ2v) is 2.29. The van der Waals surface area contributed by atoms with Crippen molar-refractivity contribution >= 4 is 0 Å². The lowest BCUT2D eigenvalue weighted by atomic mass is 10.2. The van der Waals surface area contributed by atoms with Gasteiger partial charge >= 0.3 is 0 Å². The maximum Gasteiger partial charge on any atom is 0.194 e. The molecule has 1 aromatic carbocycles. The van der Waals surface area contributed by atoms with E-state index in [4.69, 9.17) is 10.2 Å². The standard InChI is InChI=1S/C8H9FO3/c1-12-7-3-5(4-10)2-6(9)8(7)11/h2-3,10-11H,4H2,1H3. The minimum atomic E-state index is -0.793. The zero-order valence-electron chi connectivity index (χ0n) is 6.54. The van der Waals surface area contributed by atoms with Crippen molar-refractivity contribution in [2.45, 2.75) is 6.61 Å². The Kier molecular flexibility index (Phi) is 2.50. The highest BCUT2D eigenvalue weighted by molar-refractivity contribution is 5.42. The van der Waals surface area contributed by atoms with Crippen molar-refractivity contribution in [1.82, 2.24) is 0 Å². The van der Waals surface area contributed by atoms with Gasteiger partial charge in [-0.2, -0.15) is 0 Å². The maximum atomic E-state index is 12.8. The zero-order valence-corrected chi connectivity index (χ0v) is 6.54. The second kappa shape index (κ2) is 3.40.